The highest BCUT2D eigenvalue weighted by atomic mass is 32.2. The first-order chi connectivity index (χ1) is 17.0. The Morgan fingerprint density at radius 2 is 1.97 bits per heavy atom. The van der Waals surface area contributed by atoms with Crippen LogP contribution in [-0.4, -0.2) is 69.3 Å². The second kappa shape index (κ2) is 10.4. The van der Waals surface area contributed by atoms with Gasteiger partial charge in [-0.3, -0.25) is 4.79 Å². The Labute approximate surface area is 211 Å². The van der Waals surface area contributed by atoms with Gasteiger partial charge in [0.15, 0.2) is 5.65 Å². The van der Waals surface area contributed by atoms with Crippen LogP contribution < -0.4 is 14.4 Å². The predicted molar refractivity (Wildman–Crippen MR) is 139 cm³/mol. The van der Waals surface area contributed by atoms with E-state index in [1.54, 1.807) is 4.68 Å². The maximum Gasteiger partial charge on any atom is 0.283 e. The van der Waals surface area contributed by atoms with Crippen molar-refractivity contribution in [3.8, 4) is 11.4 Å². The number of carbonyl (C=O) groups excluding carboxylic acids is 1. The molecular formula is C25H33N5O5S. The Bertz CT molecular complexity index is 1360. The van der Waals surface area contributed by atoms with E-state index in [4.69, 9.17) is 14.6 Å². The van der Waals surface area contributed by atoms with Crippen molar-refractivity contribution >= 4 is 32.7 Å². The predicted octanol–water partition coefficient (Wildman–Crippen LogP) is 3.10. The van der Waals surface area contributed by atoms with E-state index in [1.165, 1.54) is 6.07 Å². The lowest BCUT2D eigenvalue weighted by Gasteiger charge is -2.22. The van der Waals surface area contributed by atoms with Crippen LogP contribution in [0.3, 0.4) is 0 Å². The van der Waals surface area contributed by atoms with Gasteiger partial charge < -0.3 is 14.4 Å². The molecule has 11 heteroatoms. The van der Waals surface area contributed by atoms with Gasteiger partial charge in [-0.05, 0) is 42.9 Å². The number of ether oxygens (including phenoxy) is 2. The van der Waals surface area contributed by atoms with Crippen LogP contribution >= 0.6 is 0 Å². The summed E-state index contributed by atoms with van der Waals surface area (Å²) in [6.45, 7) is 5.91. The summed E-state index contributed by atoms with van der Waals surface area (Å²) in [5.41, 5.74) is 2.89. The van der Waals surface area contributed by atoms with Gasteiger partial charge >= 0.3 is 0 Å². The summed E-state index contributed by atoms with van der Waals surface area (Å²) in [5, 5.41) is 5.59. The summed E-state index contributed by atoms with van der Waals surface area (Å²) < 4.78 is 39.0. The Hall–Kier alpha value is -3.18. The molecule has 1 N–H and O–H groups in total. The molecule has 3 aromatic rings. The standard InChI is InChI=1S/C25H33N5O5S/c1-16(2)23-22-21(35-15-17-9-11-34-12-10-17)14-20(25(31)28-36(5,32)33)26-24(22)30(27-23)19-8-6-7-18(13-19)29(3)4/h6-8,13-14,16-17H,9-12,15H2,1-5H3,(H,28,31). The molecule has 1 aromatic carbocycles. The number of fused-ring (bicyclic) bond motifs is 1. The average molecular weight is 516 g/mol. The van der Waals surface area contributed by atoms with Crippen LogP contribution in [0.15, 0.2) is 30.3 Å². The molecule has 1 amide bonds. The number of hydrogen-bond donors (Lipinski definition) is 1. The summed E-state index contributed by atoms with van der Waals surface area (Å²) in [4.78, 5) is 19.4. The minimum absolute atomic E-state index is 0.0497. The van der Waals surface area contributed by atoms with Crippen molar-refractivity contribution in [3.05, 3.63) is 41.7 Å². The van der Waals surface area contributed by atoms with Crippen molar-refractivity contribution in [1.29, 1.82) is 0 Å². The molecule has 0 bridgehead atoms. The maximum absolute atomic E-state index is 12.8. The molecule has 0 radical (unpaired) electrons. The number of nitrogens with one attached hydrogen (secondary N) is 1. The lowest BCUT2D eigenvalue weighted by atomic mass is 10.0. The third-order valence-electron chi connectivity index (χ3n) is 6.09. The van der Waals surface area contributed by atoms with Crippen molar-refractivity contribution < 1.29 is 22.7 Å². The Balaban J connectivity index is 1.89. The molecule has 0 spiro atoms. The minimum Gasteiger partial charge on any atom is -0.492 e. The quantitative estimate of drug-likeness (QED) is 0.487. The summed E-state index contributed by atoms with van der Waals surface area (Å²) in [6.07, 6.45) is 2.71. The molecule has 1 aliphatic heterocycles. The van der Waals surface area contributed by atoms with E-state index in [0.717, 1.165) is 36.2 Å². The molecule has 194 valence electrons. The number of amides is 1. The van der Waals surface area contributed by atoms with E-state index in [0.29, 0.717) is 42.5 Å². The van der Waals surface area contributed by atoms with E-state index < -0.39 is 15.9 Å². The normalized spacial score (nSPS) is 14.8. The lowest BCUT2D eigenvalue weighted by molar-refractivity contribution is 0.0499. The molecule has 36 heavy (non-hydrogen) atoms. The maximum atomic E-state index is 12.8. The molecule has 3 heterocycles. The number of anilines is 1. The largest absolute Gasteiger partial charge is 0.492 e. The molecular weight excluding hydrogens is 482 g/mol. The average Bonchev–Trinajstić information content (AvgIpc) is 3.22. The highest BCUT2D eigenvalue weighted by Gasteiger charge is 2.25. The van der Waals surface area contributed by atoms with Crippen molar-refractivity contribution in [2.24, 2.45) is 5.92 Å². The second-order valence-corrected chi connectivity index (χ2v) is 11.4. The molecule has 4 rings (SSSR count). The number of aromatic nitrogens is 3. The molecule has 2 aromatic heterocycles. The van der Waals surface area contributed by atoms with E-state index >= 15 is 0 Å². The molecule has 0 saturated carbocycles. The van der Waals surface area contributed by atoms with Crippen LogP contribution in [-0.2, 0) is 14.8 Å². The number of nitrogens with zero attached hydrogens (tertiary/aromatic N) is 4. The number of rotatable bonds is 8. The summed E-state index contributed by atoms with van der Waals surface area (Å²) in [6, 6.07) is 9.31. The van der Waals surface area contributed by atoms with Crippen LogP contribution in [0.1, 0.15) is 48.8 Å². The van der Waals surface area contributed by atoms with Gasteiger partial charge in [0.1, 0.15) is 11.4 Å². The van der Waals surface area contributed by atoms with Crippen molar-refractivity contribution in [1.82, 2.24) is 19.5 Å². The van der Waals surface area contributed by atoms with Crippen LogP contribution in [0.5, 0.6) is 5.75 Å². The van der Waals surface area contributed by atoms with Gasteiger partial charge in [0.05, 0.1) is 29.6 Å². The molecule has 0 unspecified atom stereocenters. The van der Waals surface area contributed by atoms with E-state index in [-0.39, 0.29) is 11.6 Å². The van der Waals surface area contributed by atoms with Crippen molar-refractivity contribution in [2.45, 2.75) is 32.6 Å². The third kappa shape index (κ3) is 5.79. The molecule has 0 aliphatic carbocycles. The molecule has 10 nitrogen and oxygen atoms in total. The second-order valence-electron chi connectivity index (χ2n) is 9.64. The Morgan fingerprint density at radius 3 is 2.61 bits per heavy atom. The molecule has 1 saturated heterocycles. The summed E-state index contributed by atoms with van der Waals surface area (Å²) >= 11 is 0. The summed E-state index contributed by atoms with van der Waals surface area (Å²) in [5.74, 6) is 0.0124. The van der Waals surface area contributed by atoms with Crippen molar-refractivity contribution in [3.63, 3.8) is 0 Å². The zero-order chi connectivity index (χ0) is 26.0. The summed E-state index contributed by atoms with van der Waals surface area (Å²) in [7, 11) is 0.130. The Morgan fingerprint density at radius 1 is 1.25 bits per heavy atom. The van der Waals surface area contributed by atoms with E-state index in [2.05, 4.69) is 4.98 Å². The highest BCUT2D eigenvalue weighted by molar-refractivity contribution is 7.89. The third-order valence-corrected chi connectivity index (χ3v) is 6.65. The smallest absolute Gasteiger partial charge is 0.283 e. The first-order valence-electron chi connectivity index (χ1n) is 12.0. The monoisotopic (exact) mass is 515 g/mol. The van der Waals surface area contributed by atoms with Gasteiger partial charge in [0.2, 0.25) is 10.0 Å². The van der Waals surface area contributed by atoms with Gasteiger partial charge in [0, 0.05) is 39.1 Å². The highest BCUT2D eigenvalue weighted by Crippen LogP contribution is 2.35. The zero-order valence-electron chi connectivity index (χ0n) is 21.3. The van der Waals surface area contributed by atoms with Crippen LogP contribution in [0.4, 0.5) is 5.69 Å². The first kappa shape index (κ1) is 25.9. The topological polar surface area (TPSA) is 116 Å². The minimum atomic E-state index is -3.77. The van der Waals surface area contributed by atoms with E-state index in [1.807, 2.05) is 61.8 Å². The zero-order valence-corrected chi connectivity index (χ0v) is 22.1. The van der Waals surface area contributed by atoms with Crippen LogP contribution in [0, 0.1) is 5.92 Å². The molecule has 0 atom stereocenters. The number of carbonyl (C=O) groups is 1. The fraction of sp³-hybridized carbons (Fsp3) is 0.480. The fourth-order valence-electron chi connectivity index (χ4n) is 4.17. The first-order valence-corrected chi connectivity index (χ1v) is 13.9. The van der Waals surface area contributed by atoms with Gasteiger partial charge in [0.25, 0.3) is 5.91 Å². The van der Waals surface area contributed by atoms with Gasteiger partial charge in [-0.1, -0.05) is 19.9 Å². The number of pyridine rings is 1. The van der Waals surface area contributed by atoms with Gasteiger partial charge in [-0.25, -0.2) is 22.8 Å². The van der Waals surface area contributed by atoms with Crippen molar-refractivity contribution in [2.75, 3.05) is 45.1 Å². The fourth-order valence-corrected chi connectivity index (χ4v) is 4.61. The SMILES string of the molecule is CC(C)c1nn(-c2cccc(N(C)C)c2)c2nc(C(=O)NS(C)(=O)=O)cc(OCC3CCOCC3)c12. The molecule has 1 aliphatic rings. The number of benzene rings is 1. The van der Waals surface area contributed by atoms with E-state index in [9.17, 15) is 13.2 Å². The number of hydrogen-bond acceptors (Lipinski definition) is 8. The van der Waals surface area contributed by atoms with Gasteiger partial charge in [-0.15, -0.1) is 0 Å². The lowest BCUT2D eigenvalue weighted by Crippen LogP contribution is -2.30. The Kier molecular flexibility index (Phi) is 7.51. The van der Waals surface area contributed by atoms with Gasteiger partial charge in [-0.2, -0.15) is 5.10 Å². The number of sulfonamides is 1. The van der Waals surface area contributed by atoms with Crippen LogP contribution in [0.25, 0.3) is 16.7 Å². The molecule has 1 fully saturated rings. The van der Waals surface area contributed by atoms with Crippen LogP contribution in [0.2, 0.25) is 0 Å².